The van der Waals surface area contributed by atoms with Crippen LogP contribution in [0.15, 0.2) is 46.9 Å². The summed E-state index contributed by atoms with van der Waals surface area (Å²) in [5, 5.41) is 12.8. The van der Waals surface area contributed by atoms with Crippen LogP contribution in [0.2, 0.25) is 0 Å². The first-order valence-electron chi connectivity index (χ1n) is 9.18. The van der Waals surface area contributed by atoms with Crippen LogP contribution in [0.25, 0.3) is 0 Å². The number of rotatable bonds is 6. The molecule has 0 aliphatic rings. The highest BCUT2D eigenvalue weighted by Crippen LogP contribution is 2.24. The van der Waals surface area contributed by atoms with E-state index in [0.29, 0.717) is 12.0 Å². The Bertz CT molecular complexity index is 684. The molecule has 1 unspecified atom stereocenters. The first-order chi connectivity index (χ1) is 12.6. The predicted octanol–water partition coefficient (Wildman–Crippen LogP) is 5.86. The molecule has 0 fully saturated rings. The molecule has 0 bridgehead atoms. The van der Waals surface area contributed by atoms with Crippen LogP contribution in [0, 0.1) is 17.0 Å². The van der Waals surface area contributed by atoms with Gasteiger partial charge in [0.25, 0.3) is 0 Å². The quantitative estimate of drug-likeness (QED) is 0.587. The first kappa shape index (κ1) is 23.7. The standard InChI is InChI=1S/C16H26BrNO.C6H4F2/c1-5-14(19)11-18-10-13-8-12(6-7-15(13)17)9-16(2,3)4;7-5-2-1-3-6(8)4-5/h6-8,14,18-19H,5,9-11H2,1-4H3;1-4H. The van der Waals surface area contributed by atoms with Crippen molar-refractivity contribution in [1.29, 1.82) is 0 Å². The molecule has 2 aromatic carbocycles. The minimum absolute atomic E-state index is 0.253. The monoisotopic (exact) mass is 441 g/mol. The molecule has 0 aliphatic carbocycles. The van der Waals surface area contributed by atoms with Crippen LogP contribution in [-0.2, 0) is 13.0 Å². The van der Waals surface area contributed by atoms with Crippen molar-refractivity contribution in [3.63, 3.8) is 0 Å². The van der Waals surface area contributed by atoms with E-state index in [1.54, 1.807) is 0 Å². The number of aliphatic hydroxyl groups is 1. The summed E-state index contributed by atoms with van der Waals surface area (Å²) in [6, 6.07) is 11.1. The van der Waals surface area contributed by atoms with E-state index in [-0.39, 0.29) is 6.10 Å². The van der Waals surface area contributed by atoms with Crippen LogP contribution in [0.4, 0.5) is 8.78 Å². The number of hydrogen-bond donors (Lipinski definition) is 2. The minimum atomic E-state index is -0.537. The molecule has 0 heterocycles. The zero-order valence-electron chi connectivity index (χ0n) is 16.5. The zero-order chi connectivity index (χ0) is 20.4. The Labute approximate surface area is 170 Å². The summed E-state index contributed by atoms with van der Waals surface area (Å²) >= 11 is 3.59. The Morgan fingerprint density at radius 2 is 1.70 bits per heavy atom. The topological polar surface area (TPSA) is 32.3 Å². The SMILES string of the molecule is CCC(O)CNCc1cc(CC(C)(C)C)ccc1Br.Fc1cccc(F)c1. The third-order valence-corrected chi connectivity index (χ3v) is 4.57. The van der Waals surface area contributed by atoms with Crippen LogP contribution in [0.5, 0.6) is 0 Å². The number of halogens is 3. The molecule has 2 rings (SSSR count). The number of nitrogens with one attached hydrogen (secondary N) is 1. The van der Waals surface area contributed by atoms with Gasteiger partial charge in [-0.1, -0.05) is 61.8 Å². The third-order valence-electron chi connectivity index (χ3n) is 3.80. The lowest BCUT2D eigenvalue weighted by molar-refractivity contribution is 0.167. The van der Waals surface area contributed by atoms with Gasteiger partial charge in [-0.2, -0.15) is 0 Å². The molecule has 2 nitrogen and oxygen atoms in total. The molecule has 0 saturated carbocycles. The molecule has 27 heavy (non-hydrogen) atoms. The second-order valence-corrected chi connectivity index (χ2v) is 8.65. The smallest absolute Gasteiger partial charge is 0.126 e. The molecule has 0 amide bonds. The van der Waals surface area contributed by atoms with Crippen molar-refractivity contribution in [2.24, 2.45) is 5.41 Å². The molecule has 0 spiro atoms. The van der Waals surface area contributed by atoms with Crippen LogP contribution < -0.4 is 5.32 Å². The largest absolute Gasteiger partial charge is 0.392 e. The van der Waals surface area contributed by atoms with Gasteiger partial charge in [-0.15, -0.1) is 0 Å². The molecule has 0 radical (unpaired) electrons. The summed E-state index contributed by atoms with van der Waals surface area (Å²) in [7, 11) is 0. The van der Waals surface area contributed by atoms with Crippen LogP contribution in [0.3, 0.4) is 0 Å². The Kier molecular flexibility index (Phi) is 10.1. The Balaban J connectivity index is 0.000000377. The first-order valence-corrected chi connectivity index (χ1v) is 9.97. The molecule has 150 valence electrons. The van der Waals surface area contributed by atoms with Gasteiger partial charge in [-0.25, -0.2) is 8.78 Å². The van der Waals surface area contributed by atoms with Gasteiger partial charge in [0.1, 0.15) is 11.6 Å². The maximum Gasteiger partial charge on any atom is 0.126 e. The van der Waals surface area contributed by atoms with Crippen molar-refractivity contribution in [1.82, 2.24) is 5.32 Å². The maximum absolute atomic E-state index is 11.9. The number of hydrogen-bond acceptors (Lipinski definition) is 2. The fraction of sp³-hybridized carbons (Fsp3) is 0.455. The molecule has 5 heteroatoms. The molecule has 1 atom stereocenters. The Morgan fingerprint density at radius 1 is 1.07 bits per heavy atom. The van der Waals surface area contributed by atoms with E-state index in [0.717, 1.165) is 29.9 Å². The molecule has 0 saturated heterocycles. The Hall–Kier alpha value is -1.30. The number of benzene rings is 2. The molecular formula is C22H30BrF2NO. The zero-order valence-corrected chi connectivity index (χ0v) is 18.1. The van der Waals surface area contributed by atoms with E-state index in [4.69, 9.17) is 0 Å². The minimum Gasteiger partial charge on any atom is -0.392 e. The van der Waals surface area contributed by atoms with E-state index >= 15 is 0 Å². The second kappa shape index (κ2) is 11.5. The molecule has 0 aliphatic heterocycles. The maximum atomic E-state index is 11.9. The summed E-state index contributed by atoms with van der Waals surface area (Å²) in [5.74, 6) is -1.07. The lowest BCUT2D eigenvalue weighted by atomic mass is 9.88. The van der Waals surface area contributed by atoms with E-state index in [9.17, 15) is 13.9 Å². The second-order valence-electron chi connectivity index (χ2n) is 7.80. The van der Waals surface area contributed by atoms with Gasteiger partial charge in [0.2, 0.25) is 0 Å². The fourth-order valence-electron chi connectivity index (χ4n) is 2.46. The van der Waals surface area contributed by atoms with Crippen molar-refractivity contribution < 1.29 is 13.9 Å². The van der Waals surface area contributed by atoms with Gasteiger partial charge in [-0.05, 0) is 47.6 Å². The van der Waals surface area contributed by atoms with E-state index < -0.39 is 11.6 Å². The van der Waals surface area contributed by atoms with E-state index in [1.807, 2.05) is 6.92 Å². The van der Waals surface area contributed by atoms with Crippen LogP contribution in [0.1, 0.15) is 45.2 Å². The van der Waals surface area contributed by atoms with Gasteiger partial charge in [0.05, 0.1) is 6.10 Å². The van der Waals surface area contributed by atoms with Crippen molar-refractivity contribution in [2.45, 2.75) is 53.2 Å². The number of aliphatic hydroxyl groups excluding tert-OH is 1. The van der Waals surface area contributed by atoms with Crippen molar-refractivity contribution in [3.05, 3.63) is 69.7 Å². The van der Waals surface area contributed by atoms with Crippen molar-refractivity contribution in [3.8, 4) is 0 Å². The van der Waals surface area contributed by atoms with E-state index in [1.165, 1.54) is 29.3 Å². The molecule has 2 N–H and O–H groups in total. The summed E-state index contributed by atoms with van der Waals surface area (Å²) in [6.45, 7) is 10.2. The highest BCUT2D eigenvalue weighted by molar-refractivity contribution is 9.10. The molecular weight excluding hydrogens is 412 g/mol. The van der Waals surface area contributed by atoms with Gasteiger partial charge >= 0.3 is 0 Å². The summed E-state index contributed by atoms with van der Waals surface area (Å²) in [4.78, 5) is 0. The highest BCUT2D eigenvalue weighted by Gasteiger charge is 2.12. The average molecular weight is 442 g/mol. The van der Waals surface area contributed by atoms with E-state index in [2.05, 4.69) is 60.2 Å². The van der Waals surface area contributed by atoms with Crippen molar-refractivity contribution in [2.75, 3.05) is 6.54 Å². The molecule has 2 aromatic rings. The van der Waals surface area contributed by atoms with Crippen LogP contribution >= 0.6 is 15.9 Å². The lowest BCUT2D eigenvalue weighted by Gasteiger charge is -2.19. The summed E-state index contributed by atoms with van der Waals surface area (Å²) < 4.78 is 25.0. The molecule has 0 aromatic heterocycles. The third kappa shape index (κ3) is 10.6. The van der Waals surface area contributed by atoms with Gasteiger partial charge in [0, 0.05) is 23.6 Å². The predicted molar refractivity (Wildman–Crippen MR) is 112 cm³/mol. The fourth-order valence-corrected chi connectivity index (χ4v) is 2.85. The normalized spacial score (nSPS) is 12.3. The van der Waals surface area contributed by atoms with Crippen LogP contribution in [-0.4, -0.2) is 17.8 Å². The van der Waals surface area contributed by atoms with Gasteiger partial charge in [-0.3, -0.25) is 0 Å². The van der Waals surface area contributed by atoms with Crippen molar-refractivity contribution >= 4 is 15.9 Å². The van der Waals surface area contributed by atoms with Gasteiger partial charge in [0.15, 0.2) is 0 Å². The Morgan fingerprint density at radius 3 is 2.19 bits per heavy atom. The lowest BCUT2D eigenvalue weighted by Crippen LogP contribution is -2.25. The summed E-state index contributed by atoms with van der Waals surface area (Å²) in [5.41, 5.74) is 2.92. The average Bonchev–Trinajstić information content (AvgIpc) is 2.56. The highest BCUT2D eigenvalue weighted by atomic mass is 79.9. The van der Waals surface area contributed by atoms with Gasteiger partial charge < -0.3 is 10.4 Å². The summed E-state index contributed by atoms with van der Waals surface area (Å²) in [6.07, 6.45) is 1.61.